The van der Waals surface area contributed by atoms with Gasteiger partial charge in [-0.05, 0) is 24.3 Å². The minimum Gasteiger partial charge on any atom is -0.481 e. The van der Waals surface area contributed by atoms with Crippen LogP contribution in [0.4, 0.5) is 0 Å². The lowest BCUT2D eigenvalue weighted by molar-refractivity contribution is -0.143. The number of benzene rings is 1. The summed E-state index contributed by atoms with van der Waals surface area (Å²) in [5.41, 5.74) is 0.167. The van der Waals surface area contributed by atoms with E-state index in [4.69, 9.17) is 25.5 Å². The number of hydrogen-bond acceptors (Lipinski definition) is 5. The average molecular weight is 316 g/mol. The second kappa shape index (κ2) is 11.9. The van der Waals surface area contributed by atoms with Gasteiger partial charge in [-0.2, -0.15) is 0 Å². The molecule has 0 saturated heterocycles. The van der Waals surface area contributed by atoms with Crippen molar-refractivity contribution in [3.8, 4) is 0 Å². The lowest BCUT2D eigenvalue weighted by Gasteiger charge is -1.94. The molecule has 1 aromatic rings. The molecule has 0 fully saturated rings. The summed E-state index contributed by atoms with van der Waals surface area (Å²) in [4.78, 5) is 40.0. The van der Waals surface area contributed by atoms with Crippen LogP contribution in [0, 0.1) is 0 Å². The topological polar surface area (TPSA) is 169 Å². The fraction of sp³-hybridized carbons (Fsp3) is 0.231. The molecule has 0 aromatic heterocycles. The highest BCUT2D eigenvalue weighted by molar-refractivity contribution is 5.91. The van der Waals surface area contributed by atoms with E-state index in [1.807, 2.05) is 0 Å². The SMILES string of the molecule is CO.O=C(O)CCC(=O)O.O=C(O)c1ccc(C(=O)O)cc1. The summed E-state index contributed by atoms with van der Waals surface area (Å²) in [5.74, 6) is -4.28. The standard InChI is InChI=1S/C8H6O4.C4H6O4.CH4O/c9-7(10)5-1-2-6(4-3-5)8(11)12;5-3(6)1-2-4(7)8;1-2/h1-4H,(H,9,10)(H,11,12);1-2H2,(H,5,6)(H,7,8);2H,1H3. The molecule has 0 amide bonds. The Kier molecular flexibility index (Phi) is 11.5. The van der Waals surface area contributed by atoms with Gasteiger partial charge in [-0.3, -0.25) is 9.59 Å². The van der Waals surface area contributed by atoms with Crippen molar-refractivity contribution in [1.29, 1.82) is 0 Å². The third-order valence-electron chi connectivity index (χ3n) is 1.93. The number of aromatic carboxylic acids is 2. The highest BCUT2D eigenvalue weighted by Crippen LogP contribution is 2.03. The molecule has 5 N–H and O–H groups in total. The van der Waals surface area contributed by atoms with Gasteiger partial charge in [0.1, 0.15) is 0 Å². The number of aliphatic hydroxyl groups excluding tert-OH is 1. The van der Waals surface area contributed by atoms with E-state index in [1.165, 1.54) is 24.3 Å². The Bertz CT molecular complexity index is 458. The Morgan fingerprint density at radius 2 is 0.909 bits per heavy atom. The van der Waals surface area contributed by atoms with Crippen LogP contribution < -0.4 is 0 Å². The Morgan fingerprint density at radius 3 is 1.05 bits per heavy atom. The summed E-state index contributed by atoms with van der Waals surface area (Å²) in [7, 11) is 1.00. The molecule has 9 nitrogen and oxygen atoms in total. The second-order valence-corrected chi connectivity index (χ2v) is 3.48. The van der Waals surface area contributed by atoms with E-state index < -0.39 is 23.9 Å². The lowest BCUT2D eigenvalue weighted by Crippen LogP contribution is -2.00. The van der Waals surface area contributed by atoms with Crippen molar-refractivity contribution in [2.24, 2.45) is 0 Å². The van der Waals surface area contributed by atoms with E-state index in [0.29, 0.717) is 0 Å². The van der Waals surface area contributed by atoms with Crippen LogP contribution in [0.5, 0.6) is 0 Å². The van der Waals surface area contributed by atoms with Gasteiger partial charge in [0.2, 0.25) is 0 Å². The monoisotopic (exact) mass is 316 g/mol. The number of carbonyl (C=O) groups is 4. The van der Waals surface area contributed by atoms with Gasteiger partial charge in [-0.15, -0.1) is 0 Å². The summed E-state index contributed by atoms with van der Waals surface area (Å²) < 4.78 is 0. The minimum absolute atomic E-state index is 0.0833. The molecular weight excluding hydrogens is 300 g/mol. The normalized spacial score (nSPS) is 8.45. The van der Waals surface area contributed by atoms with Crippen LogP contribution in [0.15, 0.2) is 24.3 Å². The first kappa shape index (κ1) is 21.4. The maximum atomic E-state index is 10.3. The number of aliphatic hydroxyl groups is 1. The Hall–Kier alpha value is -2.94. The molecular formula is C13H16O9. The van der Waals surface area contributed by atoms with Gasteiger partial charge < -0.3 is 25.5 Å². The molecule has 0 aliphatic carbocycles. The Labute approximate surface area is 125 Å². The van der Waals surface area contributed by atoms with E-state index in [1.54, 1.807) is 0 Å². The highest BCUT2D eigenvalue weighted by atomic mass is 16.4. The molecule has 0 saturated carbocycles. The molecule has 122 valence electrons. The van der Waals surface area contributed by atoms with E-state index in [-0.39, 0.29) is 24.0 Å². The van der Waals surface area contributed by atoms with Crippen molar-refractivity contribution in [1.82, 2.24) is 0 Å². The largest absolute Gasteiger partial charge is 0.481 e. The van der Waals surface area contributed by atoms with Gasteiger partial charge in [0, 0.05) is 7.11 Å². The highest BCUT2D eigenvalue weighted by Gasteiger charge is 2.04. The molecule has 0 unspecified atom stereocenters. The van der Waals surface area contributed by atoms with E-state index in [9.17, 15) is 19.2 Å². The fourth-order valence-corrected chi connectivity index (χ4v) is 0.969. The first-order valence-electron chi connectivity index (χ1n) is 5.69. The summed E-state index contributed by atoms with van der Waals surface area (Å²) >= 11 is 0. The van der Waals surface area contributed by atoms with Crippen LogP contribution in [0.2, 0.25) is 0 Å². The molecule has 1 aromatic carbocycles. The molecule has 0 aliphatic rings. The van der Waals surface area contributed by atoms with Crippen LogP contribution in [0.25, 0.3) is 0 Å². The third-order valence-corrected chi connectivity index (χ3v) is 1.93. The molecule has 9 heteroatoms. The molecule has 0 radical (unpaired) electrons. The molecule has 0 bridgehead atoms. The van der Waals surface area contributed by atoms with E-state index >= 15 is 0 Å². The van der Waals surface area contributed by atoms with Crippen LogP contribution in [0.1, 0.15) is 33.6 Å². The third kappa shape index (κ3) is 10.9. The van der Waals surface area contributed by atoms with Gasteiger partial charge in [0.25, 0.3) is 0 Å². The zero-order chi connectivity index (χ0) is 17.7. The zero-order valence-corrected chi connectivity index (χ0v) is 11.6. The Balaban J connectivity index is 0. The summed E-state index contributed by atoms with van der Waals surface area (Å²) in [6.07, 6.45) is -0.593. The van der Waals surface area contributed by atoms with Crippen molar-refractivity contribution in [2.75, 3.05) is 7.11 Å². The maximum Gasteiger partial charge on any atom is 0.335 e. The van der Waals surface area contributed by atoms with E-state index in [0.717, 1.165) is 7.11 Å². The second-order valence-electron chi connectivity index (χ2n) is 3.48. The molecule has 0 heterocycles. The van der Waals surface area contributed by atoms with Gasteiger partial charge in [0.15, 0.2) is 0 Å². The zero-order valence-electron chi connectivity index (χ0n) is 11.6. The number of rotatable bonds is 5. The van der Waals surface area contributed by atoms with Gasteiger partial charge in [-0.25, -0.2) is 9.59 Å². The first-order chi connectivity index (χ1) is 10.2. The quantitative estimate of drug-likeness (QED) is 0.522. The van der Waals surface area contributed by atoms with Gasteiger partial charge in [-0.1, -0.05) is 0 Å². The maximum absolute atomic E-state index is 10.3. The Morgan fingerprint density at radius 1 is 0.682 bits per heavy atom. The number of hydrogen-bond donors (Lipinski definition) is 5. The lowest BCUT2D eigenvalue weighted by atomic mass is 10.1. The van der Waals surface area contributed by atoms with Crippen LogP contribution in [-0.2, 0) is 9.59 Å². The molecule has 22 heavy (non-hydrogen) atoms. The predicted molar refractivity (Wildman–Crippen MR) is 73.0 cm³/mol. The van der Waals surface area contributed by atoms with Crippen molar-refractivity contribution < 1.29 is 44.7 Å². The van der Waals surface area contributed by atoms with Crippen molar-refractivity contribution >= 4 is 23.9 Å². The van der Waals surface area contributed by atoms with Crippen LogP contribution in [0.3, 0.4) is 0 Å². The van der Waals surface area contributed by atoms with Crippen molar-refractivity contribution in [3.63, 3.8) is 0 Å². The smallest absolute Gasteiger partial charge is 0.335 e. The summed E-state index contributed by atoms with van der Waals surface area (Å²) in [6.45, 7) is 0. The van der Waals surface area contributed by atoms with Gasteiger partial charge >= 0.3 is 23.9 Å². The van der Waals surface area contributed by atoms with Crippen LogP contribution >= 0.6 is 0 Å². The summed E-state index contributed by atoms with van der Waals surface area (Å²) in [5, 5.41) is 39.7. The van der Waals surface area contributed by atoms with Crippen LogP contribution in [-0.4, -0.2) is 56.5 Å². The molecule has 0 spiro atoms. The van der Waals surface area contributed by atoms with Gasteiger partial charge in [0.05, 0.1) is 24.0 Å². The predicted octanol–water partition coefficient (Wildman–Crippen LogP) is 0.627. The number of carboxylic acid groups (broad SMARTS) is 4. The average Bonchev–Trinajstić information content (AvgIpc) is 2.48. The fourth-order valence-electron chi connectivity index (χ4n) is 0.969. The number of aliphatic carboxylic acids is 2. The molecule has 0 atom stereocenters. The van der Waals surface area contributed by atoms with Crippen molar-refractivity contribution in [3.05, 3.63) is 35.4 Å². The first-order valence-corrected chi connectivity index (χ1v) is 5.69. The number of carboxylic acids is 4. The minimum atomic E-state index is -1.08. The van der Waals surface area contributed by atoms with Crippen molar-refractivity contribution in [2.45, 2.75) is 12.8 Å². The molecule has 0 aliphatic heterocycles. The summed E-state index contributed by atoms with van der Waals surface area (Å²) in [6, 6.07) is 5.02. The molecule has 1 rings (SSSR count). The van der Waals surface area contributed by atoms with E-state index in [2.05, 4.69) is 0 Å².